The van der Waals surface area contributed by atoms with E-state index in [-0.39, 0.29) is 5.56 Å². The van der Waals surface area contributed by atoms with Crippen molar-refractivity contribution in [1.82, 2.24) is 10.3 Å². The average molecular weight is 279 g/mol. The smallest absolute Gasteiger partial charge is 0.310 e. The molecule has 1 aromatic heterocycles. The quantitative estimate of drug-likeness (QED) is 0.654. The van der Waals surface area contributed by atoms with E-state index in [1.165, 1.54) is 17.4 Å². The highest BCUT2D eigenvalue weighted by Gasteiger charge is 2.15. The second-order valence-electron chi connectivity index (χ2n) is 3.61. The Morgan fingerprint density at radius 2 is 2.32 bits per heavy atom. The molecule has 0 atom stereocenters. The molecule has 1 aromatic carbocycles. The minimum Gasteiger partial charge on any atom is -0.502 e. The Hall–Kier alpha value is -2.48. The van der Waals surface area contributed by atoms with E-state index in [9.17, 15) is 20.0 Å². The SMILES string of the molecule is O=C(NCc1cncs1)c1ccc([N+](=O)[O-])c(O)c1. The van der Waals surface area contributed by atoms with Crippen molar-refractivity contribution >= 4 is 22.9 Å². The van der Waals surface area contributed by atoms with Crippen molar-refractivity contribution < 1.29 is 14.8 Å². The van der Waals surface area contributed by atoms with Crippen LogP contribution in [0.15, 0.2) is 29.9 Å². The van der Waals surface area contributed by atoms with Crippen LogP contribution in [0.2, 0.25) is 0 Å². The predicted octanol–water partition coefficient (Wildman–Crippen LogP) is 1.69. The molecule has 1 heterocycles. The number of amides is 1. The molecular formula is C11H9N3O4S. The molecule has 0 fully saturated rings. The number of thiazole rings is 1. The fourth-order valence-electron chi connectivity index (χ4n) is 1.42. The van der Waals surface area contributed by atoms with Crippen molar-refractivity contribution in [2.75, 3.05) is 0 Å². The zero-order chi connectivity index (χ0) is 13.8. The number of hydrogen-bond donors (Lipinski definition) is 2. The first-order chi connectivity index (χ1) is 9.08. The maximum Gasteiger partial charge on any atom is 0.310 e. The Bertz CT molecular complexity index is 612. The van der Waals surface area contributed by atoms with Crippen LogP contribution >= 0.6 is 11.3 Å². The van der Waals surface area contributed by atoms with E-state index in [2.05, 4.69) is 10.3 Å². The number of phenols is 1. The van der Waals surface area contributed by atoms with Crippen molar-refractivity contribution in [3.05, 3.63) is 50.5 Å². The van der Waals surface area contributed by atoms with Gasteiger partial charge in [-0.05, 0) is 12.1 Å². The normalized spacial score (nSPS) is 10.1. The number of benzene rings is 1. The van der Waals surface area contributed by atoms with Gasteiger partial charge in [-0.15, -0.1) is 11.3 Å². The van der Waals surface area contributed by atoms with E-state index in [0.29, 0.717) is 6.54 Å². The first-order valence-electron chi connectivity index (χ1n) is 5.21. The molecule has 0 aliphatic heterocycles. The van der Waals surface area contributed by atoms with Crippen LogP contribution in [0.1, 0.15) is 15.2 Å². The fraction of sp³-hybridized carbons (Fsp3) is 0.0909. The highest BCUT2D eigenvalue weighted by atomic mass is 32.1. The Labute approximate surface area is 111 Å². The highest BCUT2D eigenvalue weighted by Crippen LogP contribution is 2.26. The maximum absolute atomic E-state index is 11.8. The molecule has 98 valence electrons. The third-order valence-corrected chi connectivity index (χ3v) is 3.12. The summed E-state index contributed by atoms with van der Waals surface area (Å²) in [7, 11) is 0. The molecule has 7 nitrogen and oxygen atoms in total. The minimum absolute atomic E-state index is 0.160. The minimum atomic E-state index is -0.714. The van der Waals surface area contributed by atoms with Gasteiger partial charge >= 0.3 is 5.69 Å². The summed E-state index contributed by atoms with van der Waals surface area (Å²) >= 11 is 1.41. The second-order valence-corrected chi connectivity index (χ2v) is 4.58. The van der Waals surface area contributed by atoms with Gasteiger partial charge in [0.05, 0.1) is 17.0 Å². The molecule has 0 spiro atoms. The molecule has 2 rings (SSSR count). The van der Waals surface area contributed by atoms with Gasteiger partial charge in [0.2, 0.25) is 0 Å². The molecule has 0 bridgehead atoms. The van der Waals surface area contributed by atoms with E-state index in [4.69, 9.17) is 0 Å². The molecule has 0 saturated heterocycles. The Kier molecular flexibility index (Phi) is 3.71. The molecule has 2 N–H and O–H groups in total. The number of nitrogens with zero attached hydrogens (tertiary/aromatic N) is 2. The molecule has 0 saturated carbocycles. The van der Waals surface area contributed by atoms with E-state index < -0.39 is 22.3 Å². The molecule has 0 aliphatic rings. The van der Waals surface area contributed by atoms with Gasteiger partial charge in [0.25, 0.3) is 5.91 Å². The van der Waals surface area contributed by atoms with Crippen LogP contribution in [0, 0.1) is 10.1 Å². The molecule has 0 aliphatic carbocycles. The van der Waals surface area contributed by atoms with Gasteiger partial charge < -0.3 is 10.4 Å². The number of carbonyl (C=O) groups is 1. The van der Waals surface area contributed by atoms with Gasteiger partial charge in [-0.1, -0.05) is 0 Å². The molecule has 2 aromatic rings. The lowest BCUT2D eigenvalue weighted by atomic mass is 10.2. The van der Waals surface area contributed by atoms with Crippen LogP contribution in [0.25, 0.3) is 0 Å². The van der Waals surface area contributed by atoms with Gasteiger partial charge in [0, 0.05) is 22.7 Å². The molecule has 1 amide bonds. The van der Waals surface area contributed by atoms with Crippen LogP contribution in [0.5, 0.6) is 5.75 Å². The lowest BCUT2D eigenvalue weighted by Crippen LogP contribution is -2.22. The van der Waals surface area contributed by atoms with Crippen molar-refractivity contribution in [1.29, 1.82) is 0 Å². The summed E-state index contributed by atoms with van der Waals surface area (Å²) in [5, 5.41) is 22.6. The number of rotatable bonds is 4. The van der Waals surface area contributed by atoms with Crippen molar-refractivity contribution in [2.45, 2.75) is 6.54 Å². The van der Waals surface area contributed by atoms with Gasteiger partial charge in [0.15, 0.2) is 5.75 Å². The third-order valence-electron chi connectivity index (χ3n) is 2.34. The van der Waals surface area contributed by atoms with E-state index in [1.807, 2.05) is 0 Å². The monoisotopic (exact) mass is 279 g/mol. The molecule has 0 unspecified atom stereocenters. The molecular weight excluding hydrogens is 270 g/mol. The summed E-state index contributed by atoms with van der Waals surface area (Å²) in [5.74, 6) is -0.950. The van der Waals surface area contributed by atoms with E-state index >= 15 is 0 Å². The van der Waals surface area contributed by atoms with Crippen molar-refractivity contribution in [3.63, 3.8) is 0 Å². The van der Waals surface area contributed by atoms with E-state index in [0.717, 1.165) is 17.0 Å². The largest absolute Gasteiger partial charge is 0.502 e. The predicted molar refractivity (Wildman–Crippen MR) is 68.0 cm³/mol. The van der Waals surface area contributed by atoms with Crippen LogP contribution in [-0.2, 0) is 6.54 Å². The maximum atomic E-state index is 11.8. The lowest BCUT2D eigenvalue weighted by molar-refractivity contribution is -0.385. The standard InChI is InChI=1S/C11H9N3O4S/c15-10-3-7(1-2-9(10)14(17)18)11(16)13-5-8-4-12-6-19-8/h1-4,6,15H,5H2,(H,13,16). The topological polar surface area (TPSA) is 105 Å². The zero-order valence-electron chi connectivity index (χ0n) is 9.57. The molecule has 8 heteroatoms. The number of nitro groups is 1. The number of aromatic hydroxyl groups is 1. The number of nitro benzene ring substituents is 1. The second kappa shape index (κ2) is 5.44. The van der Waals surface area contributed by atoms with Gasteiger partial charge in [0.1, 0.15) is 0 Å². The summed E-state index contributed by atoms with van der Waals surface area (Å²) in [6.07, 6.45) is 1.64. The lowest BCUT2D eigenvalue weighted by Gasteiger charge is -2.04. The molecule has 0 radical (unpaired) electrons. The summed E-state index contributed by atoms with van der Waals surface area (Å²) in [4.78, 5) is 26.3. The fourth-order valence-corrected chi connectivity index (χ4v) is 1.95. The van der Waals surface area contributed by atoms with Gasteiger partial charge in [-0.2, -0.15) is 0 Å². The van der Waals surface area contributed by atoms with Crippen LogP contribution in [0.3, 0.4) is 0 Å². The number of phenolic OH excluding ortho intramolecular Hbond substituents is 1. The average Bonchev–Trinajstić information content (AvgIpc) is 2.88. The number of nitrogens with one attached hydrogen (secondary N) is 1. The highest BCUT2D eigenvalue weighted by molar-refractivity contribution is 7.09. The number of aromatic nitrogens is 1. The van der Waals surface area contributed by atoms with Gasteiger partial charge in [-0.25, -0.2) is 0 Å². The van der Waals surface area contributed by atoms with Crippen LogP contribution < -0.4 is 5.32 Å². The molecule has 19 heavy (non-hydrogen) atoms. The first-order valence-corrected chi connectivity index (χ1v) is 6.09. The third kappa shape index (κ3) is 3.05. The number of hydrogen-bond acceptors (Lipinski definition) is 6. The van der Waals surface area contributed by atoms with Crippen molar-refractivity contribution in [3.8, 4) is 5.75 Å². The van der Waals surface area contributed by atoms with Crippen LogP contribution in [-0.4, -0.2) is 20.9 Å². The first kappa shape index (κ1) is 13.0. The van der Waals surface area contributed by atoms with Gasteiger partial charge in [-0.3, -0.25) is 19.9 Å². The summed E-state index contributed by atoms with van der Waals surface area (Å²) in [6.45, 7) is 0.321. The Morgan fingerprint density at radius 3 is 2.89 bits per heavy atom. The van der Waals surface area contributed by atoms with Crippen molar-refractivity contribution in [2.24, 2.45) is 0 Å². The Balaban J connectivity index is 2.07. The van der Waals surface area contributed by atoms with E-state index in [1.54, 1.807) is 11.7 Å². The summed E-state index contributed by atoms with van der Waals surface area (Å²) in [6, 6.07) is 3.46. The summed E-state index contributed by atoms with van der Waals surface area (Å²) < 4.78 is 0. The Morgan fingerprint density at radius 1 is 1.53 bits per heavy atom. The number of carbonyl (C=O) groups excluding carboxylic acids is 1. The summed E-state index contributed by atoms with van der Waals surface area (Å²) in [5.41, 5.74) is 1.38. The zero-order valence-corrected chi connectivity index (χ0v) is 10.4. The van der Waals surface area contributed by atoms with Crippen LogP contribution in [0.4, 0.5) is 5.69 Å².